The van der Waals surface area contributed by atoms with Gasteiger partial charge in [-0.15, -0.1) is 0 Å². The number of rotatable bonds is 4. The third-order valence-electron chi connectivity index (χ3n) is 2.75. The Morgan fingerprint density at radius 3 is 2.60 bits per heavy atom. The van der Waals surface area contributed by atoms with Gasteiger partial charge >= 0.3 is 5.97 Å². The lowest BCUT2D eigenvalue weighted by Crippen LogP contribution is -2.43. The molecule has 86 valence electrons. The largest absolute Gasteiger partial charge is 0.464 e. The zero-order valence-electron chi connectivity index (χ0n) is 9.12. The van der Waals surface area contributed by atoms with Crippen LogP contribution in [-0.4, -0.2) is 29.1 Å². The zero-order valence-corrected chi connectivity index (χ0v) is 9.12. The van der Waals surface area contributed by atoms with E-state index in [1.165, 1.54) is 0 Å². The maximum Gasteiger partial charge on any atom is 0.338 e. The van der Waals surface area contributed by atoms with Crippen LogP contribution in [0.3, 0.4) is 0 Å². The van der Waals surface area contributed by atoms with Crippen LogP contribution < -0.4 is 0 Å². The molecule has 1 N–H and O–H groups in total. The van der Waals surface area contributed by atoms with E-state index in [1.807, 2.05) is 6.92 Å². The molecule has 4 heteroatoms. The molecule has 4 nitrogen and oxygen atoms in total. The quantitative estimate of drug-likeness (QED) is 0.564. The highest BCUT2D eigenvalue weighted by Gasteiger charge is 2.40. The van der Waals surface area contributed by atoms with Gasteiger partial charge in [-0.2, -0.15) is 0 Å². The van der Waals surface area contributed by atoms with Gasteiger partial charge < -0.3 is 9.84 Å². The van der Waals surface area contributed by atoms with Gasteiger partial charge in [0.25, 0.3) is 0 Å². The van der Waals surface area contributed by atoms with E-state index >= 15 is 0 Å². The number of ether oxygens (including phenoxy) is 1. The summed E-state index contributed by atoms with van der Waals surface area (Å²) in [6.07, 6.45) is 2.72. The number of hydrogen-bond donors (Lipinski definition) is 1. The summed E-state index contributed by atoms with van der Waals surface area (Å²) >= 11 is 0. The molecular weight excluding hydrogens is 196 g/mol. The van der Waals surface area contributed by atoms with E-state index in [9.17, 15) is 14.7 Å². The molecule has 0 aromatic heterocycles. The van der Waals surface area contributed by atoms with Gasteiger partial charge in [0.1, 0.15) is 5.78 Å². The van der Waals surface area contributed by atoms with Gasteiger partial charge in [0.2, 0.25) is 0 Å². The maximum atomic E-state index is 11.5. The van der Waals surface area contributed by atoms with Crippen molar-refractivity contribution in [3.63, 3.8) is 0 Å². The van der Waals surface area contributed by atoms with Crippen molar-refractivity contribution in [3.05, 3.63) is 0 Å². The van der Waals surface area contributed by atoms with E-state index in [0.717, 1.165) is 12.8 Å². The van der Waals surface area contributed by atoms with Crippen LogP contribution in [0.15, 0.2) is 0 Å². The molecule has 1 fully saturated rings. The molecule has 0 heterocycles. The number of unbranched alkanes of at least 4 members (excludes halogenated alkanes) is 1. The van der Waals surface area contributed by atoms with Crippen LogP contribution in [-0.2, 0) is 14.3 Å². The Bertz CT molecular complexity index is 237. The molecule has 1 aliphatic rings. The van der Waals surface area contributed by atoms with Crippen molar-refractivity contribution in [2.75, 3.05) is 6.61 Å². The zero-order chi connectivity index (χ0) is 11.3. The molecule has 15 heavy (non-hydrogen) atoms. The fourth-order valence-electron chi connectivity index (χ4n) is 1.59. The second-order valence-corrected chi connectivity index (χ2v) is 4.06. The second-order valence-electron chi connectivity index (χ2n) is 4.06. The van der Waals surface area contributed by atoms with Gasteiger partial charge in [-0.05, 0) is 19.3 Å². The fourth-order valence-corrected chi connectivity index (χ4v) is 1.59. The summed E-state index contributed by atoms with van der Waals surface area (Å²) in [7, 11) is 0. The van der Waals surface area contributed by atoms with E-state index in [0.29, 0.717) is 6.61 Å². The number of hydrogen-bond acceptors (Lipinski definition) is 4. The summed E-state index contributed by atoms with van der Waals surface area (Å²) in [6, 6.07) is 0. The van der Waals surface area contributed by atoms with Crippen LogP contribution in [0.2, 0.25) is 0 Å². The Morgan fingerprint density at radius 2 is 2.07 bits per heavy atom. The first kappa shape index (κ1) is 12.2. The fraction of sp³-hybridized carbons (Fsp3) is 0.818. The third kappa shape index (κ3) is 3.30. The first-order valence-corrected chi connectivity index (χ1v) is 5.50. The minimum Gasteiger partial charge on any atom is -0.464 e. The van der Waals surface area contributed by atoms with Crippen LogP contribution in [0.25, 0.3) is 0 Å². The highest BCUT2D eigenvalue weighted by Crippen LogP contribution is 2.27. The highest BCUT2D eigenvalue weighted by atomic mass is 16.5. The summed E-state index contributed by atoms with van der Waals surface area (Å²) < 4.78 is 4.96. The molecule has 0 unspecified atom stereocenters. The van der Waals surface area contributed by atoms with Gasteiger partial charge in [-0.25, -0.2) is 4.79 Å². The van der Waals surface area contributed by atoms with E-state index < -0.39 is 11.6 Å². The van der Waals surface area contributed by atoms with Crippen molar-refractivity contribution < 1.29 is 19.4 Å². The minimum atomic E-state index is -1.42. The average molecular weight is 214 g/mol. The predicted octanol–water partition coefficient (Wildman–Crippen LogP) is 1.20. The van der Waals surface area contributed by atoms with Gasteiger partial charge in [0.15, 0.2) is 5.60 Å². The summed E-state index contributed by atoms with van der Waals surface area (Å²) in [6.45, 7) is 2.35. The molecule has 0 bridgehead atoms. The molecule has 1 aliphatic carbocycles. The molecule has 1 rings (SSSR count). The molecule has 0 saturated heterocycles. The number of carbonyl (C=O) groups excluding carboxylic acids is 2. The summed E-state index contributed by atoms with van der Waals surface area (Å²) in [5, 5.41) is 9.93. The van der Waals surface area contributed by atoms with Crippen molar-refractivity contribution in [2.45, 2.75) is 51.0 Å². The number of carbonyl (C=O) groups is 2. The first-order chi connectivity index (χ1) is 7.08. The van der Waals surface area contributed by atoms with Crippen LogP contribution >= 0.6 is 0 Å². The lowest BCUT2D eigenvalue weighted by atomic mass is 9.84. The summed E-state index contributed by atoms with van der Waals surface area (Å²) in [5.41, 5.74) is -1.42. The molecule has 0 radical (unpaired) electrons. The summed E-state index contributed by atoms with van der Waals surface area (Å²) in [5.74, 6) is -0.454. The minimum absolute atomic E-state index is 0.112. The molecular formula is C11H18O4. The molecule has 0 spiro atoms. The van der Waals surface area contributed by atoms with Crippen LogP contribution in [0.5, 0.6) is 0 Å². The average Bonchev–Trinajstić information content (AvgIpc) is 2.23. The van der Waals surface area contributed by atoms with Gasteiger partial charge in [0, 0.05) is 12.8 Å². The Balaban J connectivity index is 2.40. The standard InChI is InChI=1S/C11H18O4/c1-2-3-8-15-10(13)11(14)6-4-9(12)5-7-11/h14H,2-8H2,1H3. The van der Waals surface area contributed by atoms with Crippen molar-refractivity contribution in [1.82, 2.24) is 0 Å². The van der Waals surface area contributed by atoms with Gasteiger partial charge in [-0.1, -0.05) is 13.3 Å². The van der Waals surface area contributed by atoms with E-state index in [4.69, 9.17) is 4.74 Å². The van der Waals surface area contributed by atoms with Crippen molar-refractivity contribution >= 4 is 11.8 Å². The Hall–Kier alpha value is -0.900. The Morgan fingerprint density at radius 1 is 1.47 bits per heavy atom. The van der Waals surface area contributed by atoms with Crippen LogP contribution in [0, 0.1) is 0 Å². The number of aliphatic hydroxyl groups is 1. The molecule has 0 atom stereocenters. The molecule has 0 amide bonds. The monoisotopic (exact) mass is 214 g/mol. The third-order valence-corrected chi connectivity index (χ3v) is 2.75. The van der Waals surface area contributed by atoms with E-state index in [2.05, 4.69) is 0 Å². The lowest BCUT2D eigenvalue weighted by molar-refractivity contribution is -0.169. The van der Waals surface area contributed by atoms with E-state index in [1.54, 1.807) is 0 Å². The number of ketones is 1. The second kappa shape index (κ2) is 5.26. The predicted molar refractivity (Wildman–Crippen MR) is 54.3 cm³/mol. The van der Waals surface area contributed by atoms with E-state index in [-0.39, 0.29) is 31.5 Å². The smallest absolute Gasteiger partial charge is 0.338 e. The number of Topliss-reactive ketones (excluding diaryl/α,β-unsaturated/α-hetero) is 1. The van der Waals surface area contributed by atoms with Gasteiger partial charge in [-0.3, -0.25) is 4.79 Å². The van der Waals surface area contributed by atoms with Crippen molar-refractivity contribution in [2.24, 2.45) is 0 Å². The van der Waals surface area contributed by atoms with Crippen LogP contribution in [0.1, 0.15) is 45.4 Å². The maximum absolute atomic E-state index is 11.5. The highest BCUT2D eigenvalue weighted by molar-refractivity contribution is 5.85. The van der Waals surface area contributed by atoms with Crippen molar-refractivity contribution in [1.29, 1.82) is 0 Å². The normalized spacial score (nSPS) is 20.0. The Labute approximate surface area is 89.6 Å². The lowest BCUT2D eigenvalue weighted by Gasteiger charge is -2.28. The molecule has 1 saturated carbocycles. The molecule has 0 aromatic rings. The summed E-state index contributed by atoms with van der Waals surface area (Å²) in [4.78, 5) is 22.5. The van der Waals surface area contributed by atoms with Crippen LogP contribution in [0.4, 0.5) is 0 Å². The van der Waals surface area contributed by atoms with Crippen molar-refractivity contribution in [3.8, 4) is 0 Å². The first-order valence-electron chi connectivity index (χ1n) is 5.50. The Kier molecular flexibility index (Phi) is 4.27. The SMILES string of the molecule is CCCCOC(=O)C1(O)CCC(=O)CC1. The molecule has 0 aromatic carbocycles. The van der Waals surface area contributed by atoms with Gasteiger partial charge in [0.05, 0.1) is 6.61 Å². The molecule has 0 aliphatic heterocycles. The number of esters is 1. The topological polar surface area (TPSA) is 63.6 Å².